The van der Waals surface area contributed by atoms with Crippen molar-refractivity contribution >= 4 is 31.4 Å². The molecule has 3 heterocycles. The quantitative estimate of drug-likeness (QED) is 0.895. The van der Waals surface area contributed by atoms with E-state index in [1.54, 1.807) is 12.1 Å². The molecule has 2 saturated heterocycles. The Morgan fingerprint density at radius 3 is 2.80 bits per heavy atom. The maximum atomic E-state index is 13.0. The Morgan fingerprint density at radius 1 is 1.28 bits per heavy atom. The summed E-state index contributed by atoms with van der Waals surface area (Å²) in [6, 6.07) is 7.81. The van der Waals surface area contributed by atoms with E-state index in [1.165, 1.54) is 11.3 Å². The van der Waals surface area contributed by atoms with Gasteiger partial charge in [0, 0.05) is 16.8 Å². The van der Waals surface area contributed by atoms with Gasteiger partial charge < -0.3 is 0 Å². The summed E-state index contributed by atoms with van der Waals surface area (Å²) in [6.07, 6.45) is 4.18. The van der Waals surface area contributed by atoms with Gasteiger partial charge in [0.25, 0.3) is 10.0 Å². The van der Waals surface area contributed by atoms with Crippen molar-refractivity contribution in [3.8, 4) is 6.07 Å². The minimum absolute atomic E-state index is 0.000492. The van der Waals surface area contributed by atoms with Crippen LogP contribution in [0.25, 0.3) is 10.1 Å². The number of rotatable bonds is 3. The third-order valence-electron chi connectivity index (χ3n) is 5.41. The summed E-state index contributed by atoms with van der Waals surface area (Å²) in [5.41, 5.74) is 1.29. The van der Waals surface area contributed by atoms with E-state index in [-0.39, 0.29) is 6.04 Å². The molecule has 0 bridgehead atoms. The first-order valence-corrected chi connectivity index (χ1v) is 11.0. The molecule has 2 aliphatic rings. The highest BCUT2D eigenvalue weighted by Crippen LogP contribution is 2.35. The fourth-order valence-electron chi connectivity index (χ4n) is 4.21. The normalized spacial score (nSPS) is 24.3. The molecule has 1 N–H and O–H groups in total. The molecule has 2 atom stereocenters. The Hall–Kier alpha value is -1.46. The number of thiophene rings is 1. The number of hydrogen-bond donors (Lipinski definition) is 1. The third kappa shape index (κ3) is 2.97. The van der Waals surface area contributed by atoms with Crippen molar-refractivity contribution < 1.29 is 8.42 Å². The monoisotopic (exact) mass is 375 g/mol. The minimum Gasteiger partial charge on any atom is -0.299 e. The van der Waals surface area contributed by atoms with Crippen LogP contribution in [0.2, 0.25) is 0 Å². The molecule has 5 nitrogen and oxygen atoms in total. The summed E-state index contributed by atoms with van der Waals surface area (Å²) in [5.74, 6) is 0. The number of sulfonamides is 1. The van der Waals surface area contributed by atoms with Crippen molar-refractivity contribution in [1.82, 2.24) is 9.62 Å². The molecule has 4 rings (SSSR count). The van der Waals surface area contributed by atoms with Crippen LogP contribution in [0.1, 0.15) is 36.8 Å². The SMILES string of the molecule is Cc1c(S(=O)(=O)N[C@H]2CCCN3CCC[C@@H]23)sc2ccc(C#N)cc12. The number of benzene rings is 1. The summed E-state index contributed by atoms with van der Waals surface area (Å²) in [6.45, 7) is 4.00. The first kappa shape index (κ1) is 17.0. The lowest BCUT2D eigenvalue weighted by atomic mass is 9.97. The van der Waals surface area contributed by atoms with Gasteiger partial charge in [0.15, 0.2) is 0 Å². The highest BCUT2D eigenvalue weighted by Gasteiger charge is 2.37. The zero-order valence-corrected chi connectivity index (χ0v) is 15.8. The van der Waals surface area contributed by atoms with Crippen LogP contribution in [-0.4, -0.2) is 38.5 Å². The molecule has 7 heteroatoms. The van der Waals surface area contributed by atoms with Gasteiger partial charge in [-0.05, 0) is 74.8 Å². The maximum Gasteiger partial charge on any atom is 0.250 e. The van der Waals surface area contributed by atoms with Crippen molar-refractivity contribution in [2.24, 2.45) is 0 Å². The van der Waals surface area contributed by atoms with E-state index in [2.05, 4.69) is 15.7 Å². The third-order valence-corrected chi connectivity index (χ3v) is 8.79. The van der Waals surface area contributed by atoms with Crippen molar-refractivity contribution in [2.75, 3.05) is 13.1 Å². The molecule has 1 aromatic carbocycles. The van der Waals surface area contributed by atoms with Crippen molar-refractivity contribution in [2.45, 2.75) is 48.9 Å². The minimum atomic E-state index is -3.55. The van der Waals surface area contributed by atoms with E-state index in [0.29, 0.717) is 15.8 Å². The smallest absolute Gasteiger partial charge is 0.250 e. The number of aryl methyl sites for hydroxylation is 1. The zero-order chi connectivity index (χ0) is 17.6. The van der Waals surface area contributed by atoms with E-state index >= 15 is 0 Å². The summed E-state index contributed by atoms with van der Waals surface area (Å²) in [5, 5.41) is 9.93. The van der Waals surface area contributed by atoms with E-state index in [0.717, 1.165) is 54.4 Å². The van der Waals surface area contributed by atoms with Gasteiger partial charge in [-0.25, -0.2) is 13.1 Å². The van der Waals surface area contributed by atoms with E-state index in [4.69, 9.17) is 5.26 Å². The lowest BCUT2D eigenvalue weighted by molar-refractivity contribution is 0.166. The molecule has 1 aromatic heterocycles. The molecule has 2 aromatic rings. The van der Waals surface area contributed by atoms with Gasteiger partial charge in [-0.15, -0.1) is 11.3 Å². The number of nitrogens with zero attached hydrogens (tertiary/aromatic N) is 2. The fraction of sp³-hybridized carbons (Fsp3) is 0.500. The van der Waals surface area contributed by atoms with Gasteiger partial charge in [-0.3, -0.25) is 4.90 Å². The molecule has 0 aliphatic carbocycles. The average Bonchev–Trinajstić information content (AvgIpc) is 3.20. The van der Waals surface area contributed by atoms with Crippen LogP contribution in [0.5, 0.6) is 0 Å². The molecular formula is C18H21N3O2S2. The lowest BCUT2D eigenvalue weighted by Crippen LogP contribution is -2.52. The predicted molar refractivity (Wildman–Crippen MR) is 99.2 cm³/mol. The summed E-state index contributed by atoms with van der Waals surface area (Å²) in [7, 11) is -3.55. The molecule has 0 amide bonds. The molecular weight excluding hydrogens is 354 g/mol. The summed E-state index contributed by atoms with van der Waals surface area (Å²) < 4.78 is 30.4. The van der Waals surface area contributed by atoms with Crippen LogP contribution in [0.15, 0.2) is 22.4 Å². The highest BCUT2D eigenvalue weighted by atomic mass is 32.2. The van der Waals surface area contributed by atoms with Crippen LogP contribution < -0.4 is 4.72 Å². The largest absolute Gasteiger partial charge is 0.299 e. The second kappa shape index (κ2) is 6.36. The van der Waals surface area contributed by atoms with Crippen LogP contribution >= 0.6 is 11.3 Å². The van der Waals surface area contributed by atoms with Crippen molar-refractivity contribution in [3.05, 3.63) is 29.3 Å². The fourth-order valence-corrected chi connectivity index (χ4v) is 7.27. The van der Waals surface area contributed by atoms with Crippen LogP contribution in [0.3, 0.4) is 0 Å². The van der Waals surface area contributed by atoms with Gasteiger partial charge in [0.05, 0.1) is 11.6 Å². The Kier molecular flexibility index (Phi) is 4.32. The van der Waals surface area contributed by atoms with Crippen LogP contribution in [-0.2, 0) is 10.0 Å². The Morgan fingerprint density at radius 2 is 2.04 bits per heavy atom. The first-order chi connectivity index (χ1) is 12.0. The number of nitriles is 1. The molecule has 0 spiro atoms. The second-order valence-corrected chi connectivity index (χ2v) is 9.91. The number of nitrogens with one attached hydrogen (secondary N) is 1. The van der Waals surface area contributed by atoms with Crippen LogP contribution in [0.4, 0.5) is 0 Å². The molecule has 132 valence electrons. The number of piperidine rings is 1. The van der Waals surface area contributed by atoms with E-state index in [1.807, 2.05) is 13.0 Å². The van der Waals surface area contributed by atoms with Gasteiger partial charge in [-0.2, -0.15) is 5.26 Å². The molecule has 0 radical (unpaired) electrons. The molecule has 2 fully saturated rings. The predicted octanol–water partition coefficient (Wildman–Crippen LogP) is 2.99. The first-order valence-electron chi connectivity index (χ1n) is 8.69. The Labute approximate surface area is 152 Å². The van der Waals surface area contributed by atoms with Gasteiger partial charge in [0.1, 0.15) is 4.21 Å². The maximum absolute atomic E-state index is 13.0. The Balaban J connectivity index is 1.67. The zero-order valence-electron chi connectivity index (χ0n) is 14.2. The molecule has 2 aliphatic heterocycles. The summed E-state index contributed by atoms with van der Waals surface area (Å²) >= 11 is 1.29. The average molecular weight is 376 g/mol. The molecule has 0 saturated carbocycles. The lowest BCUT2D eigenvalue weighted by Gasteiger charge is -2.36. The van der Waals surface area contributed by atoms with Gasteiger partial charge >= 0.3 is 0 Å². The van der Waals surface area contributed by atoms with E-state index < -0.39 is 10.0 Å². The number of fused-ring (bicyclic) bond motifs is 2. The molecule has 0 unspecified atom stereocenters. The topological polar surface area (TPSA) is 73.2 Å². The summed E-state index contributed by atoms with van der Waals surface area (Å²) in [4.78, 5) is 2.42. The van der Waals surface area contributed by atoms with Crippen LogP contribution in [0, 0.1) is 18.3 Å². The highest BCUT2D eigenvalue weighted by molar-refractivity contribution is 7.91. The van der Waals surface area contributed by atoms with Gasteiger partial charge in [0.2, 0.25) is 0 Å². The van der Waals surface area contributed by atoms with E-state index in [9.17, 15) is 8.42 Å². The van der Waals surface area contributed by atoms with Crippen molar-refractivity contribution in [3.63, 3.8) is 0 Å². The standard InChI is InChI=1S/C18H21N3O2S2/c1-12-14-10-13(11-19)6-7-17(14)24-18(12)25(22,23)20-15-4-2-8-21-9-3-5-16(15)21/h6-7,10,15-16,20H,2-5,8-9H2,1H3/t15-,16-/m0/s1. The molecule has 25 heavy (non-hydrogen) atoms. The number of hydrogen-bond acceptors (Lipinski definition) is 5. The second-order valence-electron chi connectivity index (χ2n) is 6.95. The van der Waals surface area contributed by atoms with Crippen molar-refractivity contribution in [1.29, 1.82) is 5.26 Å². The Bertz CT molecular complexity index is 959. The van der Waals surface area contributed by atoms with Gasteiger partial charge in [-0.1, -0.05) is 0 Å².